The van der Waals surface area contributed by atoms with E-state index in [9.17, 15) is 18.0 Å². The van der Waals surface area contributed by atoms with Gasteiger partial charge in [0.1, 0.15) is 0 Å². The Hall–Kier alpha value is -2.87. The van der Waals surface area contributed by atoms with Crippen LogP contribution in [0.4, 0.5) is 5.69 Å². The highest BCUT2D eigenvalue weighted by Crippen LogP contribution is 2.16. The molecule has 28 heavy (non-hydrogen) atoms. The van der Waals surface area contributed by atoms with Gasteiger partial charge in [0.05, 0.1) is 12.0 Å². The van der Waals surface area contributed by atoms with Crippen LogP contribution >= 0.6 is 0 Å². The van der Waals surface area contributed by atoms with Crippen molar-refractivity contribution in [2.24, 2.45) is 0 Å². The molecule has 0 radical (unpaired) electrons. The molecule has 0 aliphatic heterocycles. The van der Waals surface area contributed by atoms with Crippen LogP contribution in [0.15, 0.2) is 59.5 Å². The van der Waals surface area contributed by atoms with Gasteiger partial charge >= 0.3 is 5.97 Å². The maximum atomic E-state index is 12.4. The number of sulfonamides is 1. The van der Waals surface area contributed by atoms with E-state index in [2.05, 4.69) is 14.8 Å². The minimum absolute atomic E-state index is 0.0794. The van der Waals surface area contributed by atoms with Gasteiger partial charge in [-0.05, 0) is 49.2 Å². The van der Waals surface area contributed by atoms with E-state index in [1.807, 2.05) is 0 Å². The highest BCUT2D eigenvalue weighted by atomic mass is 32.2. The van der Waals surface area contributed by atoms with Gasteiger partial charge in [-0.25, -0.2) is 8.42 Å². The number of benzene rings is 2. The summed E-state index contributed by atoms with van der Waals surface area (Å²) in [5.41, 5.74) is 0.852. The van der Waals surface area contributed by atoms with Crippen molar-refractivity contribution in [2.45, 2.75) is 30.6 Å². The number of hydrogen-bond donors (Lipinski definition) is 2. The molecular formula is C20H24N2O5S. The molecule has 0 aliphatic carbocycles. The molecule has 2 N–H and O–H groups in total. The molecule has 2 rings (SSSR count). The molecule has 0 unspecified atom stereocenters. The van der Waals surface area contributed by atoms with Crippen LogP contribution in [0, 0.1) is 0 Å². The molecule has 0 heterocycles. The first-order valence-corrected chi connectivity index (χ1v) is 10.4. The molecule has 0 saturated heterocycles. The lowest BCUT2D eigenvalue weighted by Gasteiger charge is -2.09. The Labute approximate surface area is 165 Å². The number of amides is 1. The monoisotopic (exact) mass is 404 g/mol. The van der Waals surface area contributed by atoms with Crippen molar-refractivity contribution in [3.63, 3.8) is 0 Å². The maximum Gasteiger partial charge on any atom is 0.305 e. The summed E-state index contributed by atoms with van der Waals surface area (Å²) < 4.78 is 31.8. The number of rotatable bonds is 10. The lowest BCUT2D eigenvalue weighted by Crippen LogP contribution is -2.24. The maximum absolute atomic E-state index is 12.4. The largest absolute Gasteiger partial charge is 0.469 e. The zero-order valence-corrected chi connectivity index (χ0v) is 16.5. The van der Waals surface area contributed by atoms with E-state index in [4.69, 9.17) is 0 Å². The summed E-state index contributed by atoms with van der Waals surface area (Å²) in [6.07, 6.45) is 2.63. The summed E-state index contributed by atoms with van der Waals surface area (Å²) in [7, 11) is -2.35. The minimum atomic E-state index is -3.71. The Balaban J connectivity index is 1.82. The van der Waals surface area contributed by atoms with Gasteiger partial charge in [0.25, 0.3) is 15.9 Å². The first-order valence-electron chi connectivity index (χ1n) is 8.95. The Kier molecular flexibility index (Phi) is 8.01. The molecule has 0 fully saturated rings. The van der Waals surface area contributed by atoms with Crippen molar-refractivity contribution in [3.8, 4) is 0 Å². The van der Waals surface area contributed by atoms with Crippen LogP contribution in [-0.4, -0.2) is 33.9 Å². The molecule has 0 bridgehead atoms. The van der Waals surface area contributed by atoms with Gasteiger partial charge in [0, 0.05) is 24.2 Å². The summed E-state index contributed by atoms with van der Waals surface area (Å²) in [5, 5.41) is 2.78. The van der Waals surface area contributed by atoms with E-state index in [1.54, 1.807) is 30.3 Å². The highest BCUT2D eigenvalue weighted by Gasteiger charge is 2.15. The van der Waals surface area contributed by atoms with Crippen LogP contribution < -0.4 is 10.0 Å². The number of ether oxygens (including phenoxy) is 1. The molecule has 0 saturated carbocycles. The van der Waals surface area contributed by atoms with Crippen LogP contribution in [0.25, 0.3) is 0 Å². The van der Waals surface area contributed by atoms with Crippen LogP contribution in [0.2, 0.25) is 0 Å². The van der Waals surface area contributed by atoms with Crippen molar-refractivity contribution in [2.75, 3.05) is 18.4 Å². The number of nitrogens with one attached hydrogen (secondary N) is 2. The quantitative estimate of drug-likeness (QED) is 0.468. The second kappa shape index (κ2) is 10.5. The third kappa shape index (κ3) is 6.70. The van der Waals surface area contributed by atoms with Gasteiger partial charge in [0.15, 0.2) is 0 Å². The van der Waals surface area contributed by atoms with Gasteiger partial charge in [-0.2, -0.15) is 0 Å². The molecule has 0 aromatic heterocycles. The summed E-state index contributed by atoms with van der Waals surface area (Å²) >= 11 is 0. The second-order valence-electron chi connectivity index (χ2n) is 6.14. The van der Waals surface area contributed by atoms with Crippen molar-refractivity contribution in [3.05, 3.63) is 60.2 Å². The summed E-state index contributed by atoms with van der Waals surface area (Å²) in [6, 6.07) is 14.3. The first kappa shape index (κ1) is 21.4. The fraction of sp³-hybridized carbons (Fsp3) is 0.300. The average molecular weight is 404 g/mol. The summed E-state index contributed by atoms with van der Waals surface area (Å²) in [5.74, 6) is -0.506. The molecule has 2 aromatic rings. The van der Waals surface area contributed by atoms with Gasteiger partial charge in [-0.3, -0.25) is 14.3 Å². The summed E-state index contributed by atoms with van der Waals surface area (Å²) in [6.45, 7) is 0.482. The van der Waals surface area contributed by atoms with Crippen LogP contribution in [0.1, 0.15) is 36.0 Å². The number of carbonyl (C=O) groups excluding carboxylic acids is 2. The van der Waals surface area contributed by atoms with Crippen molar-refractivity contribution in [1.82, 2.24) is 5.32 Å². The molecule has 2 aromatic carbocycles. The van der Waals surface area contributed by atoms with Crippen molar-refractivity contribution < 1.29 is 22.7 Å². The van der Waals surface area contributed by atoms with E-state index in [0.29, 0.717) is 30.6 Å². The van der Waals surface area contributed by atoms with Crippen molar-refractivity contribution >= 4 is 27.6 Å². The number of carbonyl (C=O) groups is 2. The number of esters is 1. The Morgan fingerprint density at radius 1 is 0.929 bits per heavy atom. The number of hydrogen-bond acceptors (Lipinski definition) is 5. The molecule has 150 valence electrons. The SMILES string of the molecule is COC(=O)CCCCCNC(=O)c1ccc(S(=O)(=O)Nc2ccccc2)cc1. The van der Waals surface area contributed by atoms with Crippen molar-refractivity contribution in [1.29, 1.82) is 0 Å². The molecular weight excluding hydrogens is 380 g/mol. The van der Waals surface area contributed by atoms with Crippen LogP contribution in [-0.2, 0) is 19.6 Å². The normalized spacial score (nSPS) is 10.9. The fourth-order valence-corrected chi connectivity index (χ4v) is 3.54. The van der Waals surface area contributed by atoms with E-state index in [1.165, 1.54) is 31.4 Å². The molecule has 1 amide bonds. The number of anilines is 1. The predicted octanol–water partition coefficient (Wildman–Crippen LogP) is 2.95. The summed E-state index contributed by atoms with van der Waals surface area (Å²) in [4.78, 5) is 23.2. The Morgan fingerprint density at radius 2 is 1.61 bits per heavy atom. The zero-order chi connectivity index (χ0) is 20.4. The number of para-hydroxylation sites is 1. The van der Waals surface area contributed by atoms with E-state index in [0.717, 1.165) is 12.8 Å². The topological polar surface area (TPSA) is 102 Å². The number of unbranched alkanes of at least 4 members (excludes halogenated alkanes) is 2. The lowest BCUT2D eigenvalue weighted by molar-refractivity contribution is -0.140. The molecule has 0 atom stereocenters. The van der Waals surface area contributed by atoms with E-state index in [-0.39, 0.29) is 16.8 Å². The minimum Gasteiger partial charge on any atom is -0.469 e. The second-order valence-corrected chi connectivity index (χ2v) is 7.82. The lowest BCUT2D eigenvalue weighted by atomic mass is 10.2. The fourth-order valence-electron chi connectivity index (χ4n) is 2.48. The van der Waals surface area contributed by atoms with E-state index >= 15 is 0 Å². The number of methoxy groups -OCH3 is 1. The smallest absolute Gasteiger partial charge is 0.305 e. The first-order chi connectivity index (χ1) is 13.4. The molecule has 0 spiro atoms. The van der Waals surface area contributed by atoms with E-state index < -0.39 is 10.0 Å². The van der Waals surface area contributed by atoms with Crippen LogP contribution in [0.5, 0.6) is 0 Å². The predicted molar refractivity (Wildman–Crippen MR) is 107 cm³/mol. The van der Waals surface area contributed by atoms with Gasteiger partial charge < -0.3 is 10.1 Å². The Bertz CT molecular complexity index is 881. The molecule has 8 heteroatoms. The van der Waals surface area contributed by atoms with Gasteiger partial charge in [-0.15, -0.1) is 0 Å². The molecule has 7 nitrogen and oxygen atoms in total. The third-order valence-corrected chi connectivity index (χ3v) is 5.42. The van der Waals surface area contributed by atoms with Gasteiger partial charge in [-0.1, -0.05) is 24.6 Å². The standard InChI is InChI=1S/C20H24N2O5S/c1-27-19(23)10-6-3-7-15-21-20(24)16-11-13-18(14-12-16)28(25,26)22-17-8-4-2-5-9-17/h2,4-5,8-9,11-14,22H,3,6-7,10,15H2,1H3,(H,21,24). The zero-order valence-electron chi connectivity index (χ0n) is 15.7. The Morgan fingerprint density at radius 3 is 2.25 bits per heavy atom. The van der Waals surface area contributed by atoms with Crippen LogP contribution in [0.3, 0.4) is 0 Å². The molecule has 0 aliphatic rings. The average Bonchev–Trinajstić information content (AvgIpc) is 2.70. The third-order valence-electron chi connectivity index (χ3n) is 4.02. The van der Waals surface area contributed by atoms with Gasteiger partial charge in [0.2, 0.25) is 0 Å². The highest BCUT2D eigenvalue weighted by molar-refractivity contribution is 7.92.